The normalized spacial score (nSPS) is 24.3. The molecule has 2 atom stereocenters. The molecule has 0 bridgehead atoms. The van der Waals surface area contributed by atoms with Gasteiger partial charge in [0.1, 0.15) is 11.3 Å². The molecule has 9 heteroatoms. The maximum atomic E-state index is 12.8. The van der Waals surface area contributed by atoms with Gasteiger partial charge in [-0.1, -0.05) is 13.5 Å². The molecule has 2 aromatic heterocycles. The van der Waals surface area contributed by atoms with E-state index in [-0.39, 0.29) is 24.4 Å². The average molecular weight is 427 g/mol. The number of nitrogens with one attached hydrogen (secondary N) is 3. The van der Waals surface area contributed by atoms with Crippen LogP contribution in [0.1, 0.15) is 49.4 Å². The maximum absolute atomic E-state index is 12.8. The molecule has 166 valence electrons. The van der Waals surface area contributed by atoms with Crippen LogP contribution >= 0.6 is 0 Å². The molecule has 2 amide bonds. The van der Waals surface area contributed by atoms with Crippen LogP contribution in [-0.4, -0.2) is 68.0 Å². The zero-order valence-corrected chi connectivity index (χ0v) is 17.9. The molecule has 2 aromatic rings. The molecule has 4 N–H and O–H groups in total. The number of H-pyrrole nitrogens is 1. The molecule has 0 radical (unpaired) electrons. The summed E-state index contributed by atoms with van der Waals surface area (Å²) in [5.41, 5.74) is 0.609. The van der Waals surface area contributed by atoms with Crippen molar-refractivity contribution < 1.29 is 14.7 Å². The van der Waals surface area contributed by atoms with E-state index in [0.29, 0.717) is 54.4 Å². The zero-order valence-electron chi connectivity index (χ0n) is 17.9. The van der Waals surface area contributed by atoms with E-state index in [0.717, 1.165) is 19.3 Å². The Hall–Kier alpha value is -2.94. The number of carbonyl (C=O) groups excluding carboxylic acids is 2. The van der Waals surface area contributed by atoms with E-state index in [4.69, 9.17) is 0 Å². The Morgan fingerprint density at radius 2 is 2.16 bits per heavy atom. The smallest absolute Gasteiger partial charge is 0.255 e. The van der Waals surface area contributed by atoms with Crippen molar-refractivity contribution in [2.75, 3.05) is 25.0 Å². The van der Waals surface area contributed by atoms with Crippen LogP contribution in [0.4, 0.5) is 5.82 Å². The summed E-state index contributed by atoms with van der Waals surface area (Å²) < 4.78 is 0. The maximum Gasteiger partial charge on any atom is 0.255 e. The van der Waals surface area contributed by atoms with Gasteiger partial charge in [0.05, 0.1) is 17.4 Å². The van der Waals surface area contributed by atoms with Gasteiger partial charge in [-0.25, -0.2) is 9.97 Å². The summed E-state index contributed by atoms with van der Waals surface area (Å²) in [6.45, 7) is 7.21. The van der Waals surface area contributed by atoms with Gasteiger partial charge in [-0.2, -0.15) is 0 Å². The molecule has 2 aliphatic rings. The van der Waals surface area contributed by atoms with E-state index in [1.54, 1.807) is 17.3 Å². The number of nitrogens with zero attached hydrogens (tertiary/aromatic N) is 3. The summed E-state index contributed by atoms with van der Waals surface area (Å²) in [6, 6.07) is 0.176. The molecule has 1 aliphatic carbocycles. The standard InChI is InChI=1S/C22H30N6O3/c1-3-18(29)28-8-5-15(6-9-28)26-17-12-24-20-19(27-17)16(11-23-20)21(30)25-13-22(31)7-4-14(2)10-22/h3,11-12,14-15,31H,1,4-10,13H2,2H3,(H,23,24)(H,25,30)(H,26,27)/t14-,22?/m1/s1. The summed E-state index contributed by atoms with van der Waals surface area (Å²) in [5.74, 6) is 0.746. The van der Waals surface area contributed by atoms with Gasteiger partial charge in [-0.3, -0.25) is 9.59 Å². The quantitative estimate of drug-likeness (QED) is 0.523. The second kappa shape index (κ2) is 8.66. The molecule has 2 fully saturated rings. The number of aromatic amines is 1. The van der Waals surface area contributed by atoms with Crippen LogP contribution in [0, 0.1) is 5.92 Å². The Kier molecular flexibility index (Phi) is 5.95. The van der Waals surface area contributed by atoms with Crippen LogP contribution in [0.5, 0.6) is 0 Å². The first-order valence-corrected chi connectivity index (χ1v) is 10.9. The summed E-state index contributed by atoms with van der Waals surface area (Å²) in [7, 11) is 0. The van der Waals surface area contributed by atoms with Gasteiger partial charge < -0.3 is 25.6 Å². The molecule has 0 spiro atoms. The average Bonchev–Trinajstić information content (AvgIpc) is 3.35. The number of aliphatic hydroxyl groups is 1. The van der Waals surface area contributed by atoms with Gasteiger partial charge in [-0.15, -0.1) is 0 Å². The monoisotopic (exact) mass is 426 g/mol. The van der Waals surface area contributed by atoms with Gasteiger partial charge in [0, 0.05) is 31.9 Å². The molecule has 4 rings (SSSR count). The van der Waals surface area contributed by atoms with Crippen molar-refractivity contribution in [2.24, 2.45) is 5.92 Å². The van der Waals surface area contributed by atoms with Crippen molar-refractivity contribution in [2.45, 2.75) is 50.7 Å². The number of rotatable bonds is 6. The fourth-order valence-electron chi connectivity index (χ4n) is 4.58. The lowest BCUT2D eigenvalue weighted by Gasteiger charge is -2.31. The van der Waals surface area contributed by atoms with E-state index in [9.17, 15) is 14.7 Å². The fourth-order valence-corrected chi connectivity index (χ4v) is 4.58. The first kappa shape index (κ1) is 21.3. The number of amides is 2. The predicted octanol–water partition coefficient (Wildman–Crippen LogP) is 1.83. The van der Waals surface area contributed by atoms with E-state index < -0.39 is 5.60 Å². The van der Waals surface area contributed by atoms with E-state index in [1.165, 1.54) is 6.08 Å². The van der Waals surface area contributed by atoms with Crippen molar-refractivity contribution in [1.82, 2.24) is 25.2 Å². The summed E-state index contributed by atoms with van der Waals surface area (Å²) >= 11 is 0. The largest absolute Gasteiger partial charge is 0.388 e. The fraction of sp³-hybridized carbons (Fsp3) is 0.545. The highest BCUT2D eigenvalue weighted by Gasteiger charge is 2.35. The Labute approximate surface area is 181 Å². The van der Waals surface area contributed by atoms with Crippen molar-refractivity contribution >= 4 is 28.8 Å². The third-order valence-electron chi connectivity index (χ3n) is 6.37. The second-order valence-corrected chi connectivity index (χ2v) is 8.86. The molecule has 3 heterocycles. The lowest BCUT2D eigenvalue weighted by molar-refractivity contribution is -0.126. The first-order valence-electron chi connectivity index (χ1n) is 10.9. The third kappa shape index (κ3) is 4.71. The minimum Gasteiger partial charge on any atom is -0.388 e. The molecule has 1 saturated heterocycles. The van der Waals surface area contributed by atoms with Crippen LogP contribution in [0.3, 0.4) is 0 Å². The summed E-state index contributed by atoms with van der Waals surface area (Å²) in [6.07, 6.45) is 8.57. The Bertz CT molecular complexity index is 981. The van der Waals surface area contributed by atoms with Gasteiger partial charge in [0.15, 0.2) is 5.65 Å². The molecule has 1 aliphatic heterocycles. The first-order chi connectivity index (χ1) is 14.9. The molecular weight excluding hydrogens is 396 g/mol. The molecule has 1 saturated carbocycles. The highest BCUT2D eigenvalue weighted by Crippen LogP contribution is 2.33. The minimum absolute atomic E-state index is 0.0423. The number of hydrogen-bond acceptors (Lipinski definition) is 6. The van der Waals surface area contributed by atoms with Crippen LogP contribution < -0.4 is 10.6 Å². The minimum atomic E-state index is -0.832. The lowest BCUT2D eigenvalue weighted by Crippen LogP contribution is -2.41. The van der Waals surface area contributed by atoms with Crippen LogP contribution in [0.2, 0.25) is 0 Å². The highest BCUT2D eigenvalue weighted by molar-refractivity contribution is 6.04. The van der Waals surface area contributed by atoms with E-state index in [1.807, 2.05) is 0 Å². The highest BCUT2D eigenvalue weighted by atomic mass is 16.3. The van der Waals surface area contributed by atoms with E-state index in [2.05, 4.69) is 39.1 Å². The Morgan fingerprint density at radius 3 is 2.84 bits per heavy atom. The van der Waals surface area contributed by atoms with E-state index >= 15 is 0 Å². The molecule has 1 unspecified atom stereocenters. The number of anilines is 1. The van der Waals surface area contributed by atoms with Crippen LogP contribution in [-0.2, 0) is 4.79 Å². The number of fused-ring (bicyclic) bond motifs is 1. The summed E-state index contributed by atoms with van der Waals surface area (Å²) in [5, 5.41) is 16.9. The van der Waals surface area contributed by atoms with Gasteiger partial charge in [-0.05, 0) is 44.1 Å². The second-order valence-electron chi connectivity index (χ2n) is 8.86. The topological polar surface area (TPSA) is 123 Å². The van der Waals surface area contributed by atoms with Crippen molar-refractivity contribution in [3.8, 4) is 0 Å². The predicted molar refractivity (Wildman–Crippen MR) is 118 cm³/mol. The van der Waals surface area contributed by atoms with Gasteiger partial charge in [0.2, 0.25) is 5.91 Å². The van der Waals surface area contributed by atoms with Crippen LogP contribution in [0.15, 0.2) is 25.0 Å². The number of likely N-dealkylation sites (tertiary alicyclic amines) is 1. The molecule has 9 nitrogen and oxygen atoms in total. The molecular formula is C22H30N6O3. The molecule has 0 aromatic carbocycles. The molecule has 31 heavy (non-hydrogen) atoms. The number of piperidine rings is 1. The zero-order chi connectivity index (χ0) is 22.0. The number of hydrogen-bond donors (Lipinski definition) is 4. The van der Waals surface area contributed by atoms with Crippen molar-refractivity contribution in [3.05, 3.63) is 30.6 Å². The number of carbonyl (C=O) groups is 2. The SMILES string of the molecule is C=CC(=O)N1CCC(Nc2cnc3[nH]cc(C(=O)NCC4(O)CC[C@@H](C)C4)c3n2)CC1. The van der Waals surface area contributed by atoms with Crippen molar-refractivity contribution in [1.29, 1.82) is 0 Å². The van der Waals surface area contributed by atoms with Gasteiger partial charge in [0.25, 0.3) is 5.91 Å². The number of aromatic nitrogens is 3. The van der Waals surface area contributed by atoms with Crippen molar-refractivity contribution in [3.63, 3.8) is 0 Å². The third-order valence-corrected chi connectivity index (χ3v) is 6.37. The van der Waals surface area contributed by atoms with Gasteiger partial charge >= 0.3 is 0 Å². The lowest BCUT2D eigenvalue weighted by atomic mass is 10.0. The Balaban J connectivity index is 1.40. The Morgan fingerprint density at radius 1 is 1.39 bits per heavy atom. The van der Waals surface area contributed by atoms with Crippen LogP contribution in [0.25, 0.3) is 11.2 Å². The summed E-state index contributed by atoms with van der Waals surface area (Å²) in [4.78, 5) is 38.2.